The minimum Gasteiger partial charge on any atom is -0.294 e. The molecule has 0 N–H and O–H groups in total. The highest BCUT2D eigenvalue weighted by Gasteiger charge is 2.26. The lowest BCUT2D eigenvalue weighted by molar-refractivity contribution is 0.0904. The highest BCUT2D eigenvalue weighted by atomic mass is 19.1. The Balaban J connectivity index is 1.86. The van der Waals surface area contributed by atoms with Crippen molar-refractivity contribution in [1.82, 2.24) is 0 Å². The van der Waals surface area contributed by atoms with Crippen LogP contribution in [0.25, 0.3) is 0 Å². The van der Waals surface area contributed by atoms with E-state index in [9.17, 15) is 9.18 Å². The van der Waals surface area contributed by atoms with E-state index in [1.807, 2.05) is 19.1 Å². The molecule has 102 valence electrons. The third-order valence-corrected chi connectivity index (χ3v) is 4.11. The van der Waals surface area contributed by atoms with Crippen LogP contribution in [0.1, 0.15) is 33.5 Å². The van der Waals surface area contributed by atoms with Crippen LogP contribution >= 0.6 is 0 Å². The lowest BCUT2D eigenvalue weighted by Crippen LogP contribution is -2.23. The Morgan fingerprint density at radius 1 is 1.15 bits per heavy atom. The second-order valence-electron chi connectivity index (χ2n) is 5.56. The minimum atomic E-state index is -0.395. The molecule has 0 amide bonds. The Kier molecular flexibility index (Phi) is 3.39. The number of aryl methyl sites for hydroxylation is 2. The van der Waals surface area contributed by atoms with Crippen molar-refractivity contribution in [2.75, 3.05) is 0 Å². The highest BCUT2D eigenvalue weighted by molar-refractivity contribution is 5.98. The molecule has 0 spiro atoms. The first kappa shape index (κ1) is 13.0. The van der Waals surface area contributed by atoms with Crippen molar-refractivity contribution in [3.05, 3.63) is 70.5 Å². The van der Waals surface area contributed by atoms with Crippen LogP contribution in [0.3, 0.4) is 0 Å². The summed E-state index contributed by atoms with van der Waals surface area (Å²) in [6.07, 6.45) is 2.44. The van der Waals surface area contributed by atoms with Gasteiger partial charge < -0.3 is 0 Å². The lowest BCUT2D eigenvalue weighted by Gasteiger charge is -2.23. The van der Waals surface area contributed by atoms with E-state index in [0.29, 0.717) is 0 Å². The number of benzene rings is 2. The second-order valence-corrected chi connectivity index (χ2v) is 5.56. The van der Waals surface area contributed by atoms with Crippen LogP contribution in [0.15, 0.2) is 42.5 Å². The first-order valence-electron chi connectivity index (χ1n) is 7.02. The van der Waals surface area contributed by atoms with Gasteiger partial charge in [-0.3, -0.25) is 4.79 Å². The fourth-order valence-corrected chi connectivity index (χ4v) is 2.96. The Morgan fingerprint density at radius 3 is 2.65 bits per heavy atom. The van der Waals surface area contributed by atoms with Crippen molar-refractivity contribution >= 4 is 5.78 Å². The first-order chi connectivity index (χ1) is 9.65. The summed E-state index contributed by atoms with van der Waals surface area (Å²) in [5.74, 6) is -0.548. The van der Waals surface area contributed by atoms with Crippen LogP contribution in [0.5, 0.6) is 0 Å². The molecule has 2 aromatic carbocycles. The maximum absolute atomic E-state index is 13.9. The molecular weight excluding hydrogens is 251 g/mol. The summed E-state index contributed by atoms with van der Waals surface area (Å²) >= 11 is 0. The molecule has 0 bridgehead atoms. The molecule has 1 atom stereocenters. The summed E-state index contributed by atoms with van der Waals surface area (Å²) < 4.78 is 13.9. The van der Waals surface area contributed by atoms with Crippen molar-refractivity contribution in [1.29, 1.82) is 0 Å². The van der Waals surface area contributed by atoms with Gasteiger partial charge in [0.15, 0.2) is 5.78 Å². The zero-order valence-electron chi connectivity index (χ0n) is 11.5. The third kappa shape index (κ3) is 2.38. The number of Topliss-reactive ketones (excluding diaryl/α,β-unsaturated/α-hetero) is 1. The number of ketones is 1. The predicted molar refractivity (Wildman–Crippen MR) is 77.4 cm³/mol. The molecule has 0 heterocycles. The van der Waals surface area contributed by atoms with Gasteiger partial charge in [-0.15, -0.1) is 0 Å². The number of hydrogen-bond donors (Lipinski definition) is 0. The first-order valence-corrected chi connectivity index (χ1v) is 7.02. The zero-order valence-corrected chi connectivity index (χ0v) is 11.5. The Hall–Kier alpha value is -1.96. The molecule has 0 saturated carbocycles. The fourth-order valence-electron chi connectivity index (χ4n) is 2.96. The van der Waals surface area contributed by atoms with Crippen LogP contribution in [0, 0.1) is 18.7 Å². The van der Waals surface area contributed by atoms with Crippen molar-refractivity contribution in [2.24, 2.45) is 5.92 Å². The highest BCUT2D eigenvalue weighted by Crippen LogP contribution is 2.28. The summed E-state index contributed by atoms with van der Waals surface area (Å²) in [4.78, 5) is 12.5. The van der Waals surface area contributed by atoms with Gasteiger partial charge in [-0.1, -0.05) is 30.3 Å². The molecule has 1 aliphatic carbocycles. The number of hydrogen-bond acceptors (Lipinski definition) is 1. The standard InChI is InChI=1S/C18H17FO/c1-12-6-9-16(17(19)10-12)18(20)15-8-7-13-4-2-3-5-14(13)11-15/h2-6,9-10,15H,7-8,11H2,1H3. The quantitative estimate of drug-likeness (QED) is 0.749. The van der Waals surface area contributed by atoms with Crippen molar-refractivity contribution in [3.63, 3.8) is 0 Å². The van der Waals surface area contributed by atoms with Gasteiger partial charge in [0, 0.05) is 5.92 Å². The third-order valence-electron chi connectivity index (χ3n) is 4.11. The van der Waals surface area contributed by atoms with E-state index in [4.69, 9.17) is 0 Å². The average Bonchev–Trinajstić information content (AvgIpc) is 2.46. The van der Waals surface area contributed by atoms with Crippen LogP contribution in [0.4, 0.5) is 4.39 Å². The minimum absolute atomic E-state index is 0.0583. The maximum Gasteiger partial charge on any atom is 0.169 e. The summed E-state index contributed by atoms with van der Waals surface area (Å²) in [6.45, 7) is 1.83. The van der Waals surface area contributed by atoms with Crippen molar-refractivity contribution < 1.29 is 9.18 Å². The zero-order chi connectivity index (χ0) is 14.1. The Morgan fingerprint density at radius 2 is 1.90 bits per heavy atom. The molecule has 1 unspecified atom stereocenters. The summed E-state index contributed by atoms with van der Waals surface area (Å²) in [6, 6.07) is 13.1. The summed E-state index contributed by atoms with van der Waals surface area (Å²) in [5, 5.41) is 0. The predicted octanol–water partition coefficient (Wildman–Crippen LogP) is 4.12. The van der Waals surface area contributed by atoms with E-state index < -0.39 is 5.82 Å². The van der Waals surface area contributed by atoms with Gasteiger partial charge in [-0.25, -0.2) is 4.39 Å². The molecule has 20 heavy (non-hydrogen) atoms. The van der Waals surface area contributed by atoms with Crippen LogP contribution < -0.4 is 0 Å². The van der Waals surface area contributed by atoms with E-state index in [2.05, 4.69) is 12.1 Å². The molecule has 0 aromatic heterocycles. The van der Waals surface area contributed by atoms with E-state index in [0.717, 1.165) is 24.8 Å². The molecule has 2 heteroatoms. The lowest BCUT2D eigenvalue weighted by atomic mass is 9.80. The van der Waals surface area contributed by atoms with Crippen LogP contribution in [-0.2, 0) is 12.8 Å². The van der Waals surface area contributed by atoms with E-state index in [1.54, 1.807) is 12.1 Å². The van der Waals surface area contributed by atoms with Gasteiger partial charge in [0.25, 0.3) is 0 Å². The van der Waals surface area contributed by atoms with Gasteiger partial charge in [-0.2, -0.15) is 0 Å². The molecule has 0 aliphatic heterocycles. The van der Waals surface area contributed by atoms with Crippen molar-refractivity contribution in [3.8, 4) is 0 Å². The van der Waals surface area contributed by atoms with Gasteiger partial charge in [0.2, 0.25) is 0 Å². The Bertz CT molecular complexity index is 660. The average molecular weight is 268 g/mol. The number of rotatable bonds is 2. The maximum atomic E-state index is 13.9. The number of carbonyl (C=O) groups is 1. The second kappa shape index (κ2) is 5.20. The summed E-state index contributed by atoms with van der Waals surface area (Å²) in [5.41, 5.74) is 3.62. The molecular formula is C18H17FO. The fraction of sp³-hybridized carbons (Fsp3) is 0.278. The SMILES string of the molecule is Cc1ccc(C(=O)C2CCc3ccccc3C2)c(F)c1. The smallest absolute Gasteiger partial charge is 0.169 e. The van der Waals surface area contributed by atoms with Gasteiger partial charge >= 0.3 is 0 Å². The van der Waals surface area contributed by atoms with E-state index in [-0.39, 0.29) is 17.3 Å². The Labute approximate surface area is 118 Å². The molecule has 0 saturated heterocycles. The van der Waals surface area contributed by atoms with Crippen LogP contribution in [0.2, 0.25) is 0 Å². The molecule has 1 aliphatic rings. The number of halogens is 1. The molecule has 1 nitrogen and oxygen atoms in total. The topological polar surface area (TPSA) is 17.1 Å². The number of carbonyl (C=O) groups excluding carboxylic acids is 1. The number of fused-ring (bicyclic) bond motifs is 1. The molecule has 3 rings (SSSR count). The van der Waals surface area contributed by atoms with Gasteiger partial charge in [0.1, 0.15) is 5.82 Å². The van der Waals surface area contributed by atoms with Gasteiger partial charge in [-0.05, 0) is 55.0 Å². The van der Waals surface area contributed by atoms with E-state index in [1.165, 1.54) is 17.2 Å². The molecule has 0 fully saturated rings. The van der Waals surface area contributed by atoms with Crippen molar-refractivity contribution in [2.45, 2.75) is 26.2 Å². The van der Waals surface area contributed by atoms with Gasteiger partial charge in [0.05, 0.1) is 5.56 Å². The van der Waals surface area contributed by atoms with Crippen LogP contribution in [-0.4, -0.2) is 5.78 Å². The largest absolute Gasteiger partial charge is 0.294 e. The monoisotopic (exact) mass is 268 g/mol. The molecule has 0 radical (unpaired) electrons. The normalized spacial score (nSPS) is 17.6. The molecule has 2 aromatic rings. The summed E-state index contributed by atoms with van der Waals surface area (Å²) in [7, 11) is 0. The van der Waals surface area contributed by atoms with E-state index >= 15 is 0 Å².